The maximum atomic E-state index is 12.9. The number of hydrogen-bond acceptors (Lipinski definition) is 5. The van der Waals surface area contributed by atoms with Gasteiger partial charge in [0.05, 0.1) is 5.70 Å². The van der Waals surface area contributed by atoms with Gasteiger partial charge in [-0.05, 0) is 0 Å². The summed E-state index contributed by atoms with van der Waals surface area (Å²) in [5.41, 5.74) is 9.77. The van der Waals surface area contributed by atoms with E-state index in [2.05, 4.69) is 28.9 Å². The third kappa shape index (κ3) is 3.15. The number of aromatic nitrogens is 2. The van der Waals surface area contributed by atoms with Gasteiger partial charge in [-0.15, -0.1) is 4.68 Å². The molecular weight excluding hydrogens is 410 g/mol. The number of benzene rings is 3. The molecule has 0 fully saturated rings. The van der Waals surface area contributed by atoms with Crippen LogP contribution in [0.4, 0.5) is 5.95 Å². The van der Waals surface area contributed by atoms with E-state index < -0.39 is 0 Å². The van der Waals surface area contributed by atoms with Crippen molar-refractivity contribution in [1.29, 1.82) is 0 Å². The average molecular weight is 433 g/mol. The van der Waals surface area contributed by atoms with Crippen LogP contribution in [0.2, 0.25) is 0 Å². The Morgan fingerprint density at radius 2 is 1.42 bits per heavy atom. The minimum atomic E-state index is -0.319. The second-order valence-electron chi connectivity index (χ2n) is 8.09. The van der Waals surface area contributed by atoms with E-state index in [1.54, 1.807) is 6.92 Å². The molecule has 6 nitrogen and oxygen atoms in total. The number of allylic oxidation sites excluding steroid dienone is 1. The average Bonchev–Trinajstić information content (AvgIpc) is 3.41. The molecule has 3 heterocycles. The van der Waals surface area contributed by atoms with Gasteiger partial charge in [0, 0.05) is 29.7 Å². The Balaban J connectivity index is 1.58. The summed E-state index contributed by atoms with van der Waals surface area (Å²) in [6.07, 6.45) is -0.319. The number of fused-ring (bicyclic) bond motifs is 3. The van der Waals surface area contributed by atoms with Crippen molar-refractivity contribution >= 4 is 17.4 Å². The summed E-state index contributed by atoms with van der Waals surface area (Å²) in [6, 6.07) is 32.3. The van der Waals surface area contributed by atoms with Crippen molar-refractivity contribution in [2.45, 2.75) is 13.2 Å². The van der Waals surface area contributed by atoms with Crippen molar-refractivity contribution in [3.63, 3.8) is 0 Å². The summed E-state index contributed by atoms with van der Waals surface area (Å²) >= 11 is 0. The van der Waals surface area contributed by atoms with Crippen molar-refractivity contribution in [2.75, 3.05) is 10.3 Å². The lowest BCUT2D eigenvalue weighted by molar-refractivity contribution is -0.620. The van der Waals surface area contributed by atoms with Crippen molar-refractivity contribution < 1.29 is 9.47 Å². The molecule has 33 heavy (non-hydrogen) atoms. The third-order valence-corrected chi connectivity index (χ3v) is 5.95. The molecule has 6 heteroatoms. The second kappa shape index (κ2) is 7.60. The molecular formula is C27H22N5O+. The highest BCUT2D eigenvalue weighted by molar-refractivity contribution is 6.05. The van der Waals surface area contributed by atoms with Gasteiger partial charge >= 0.3 is 5.95 Å². The highest BCUT2D eigenvalue weighted by Crippen LogP contribution is 2.35. The van der Waals surface area contributed by atoms with E-state index in [-0.39, 0.29) is 12.1 Å². The van der Waals surface area contributed by atoms with Gasteiger partial charge in [0.1, 0.15) is 5.69 Å². The molecule has 1 atom stereocenters. The SMILES string of the molecule is CC(=O)C1=C(c2ccccc2)NC2N[n+]3c(-c4ccccc4)cc(-c4ccccc4)nc3N12. The molecule has 3 aromatic carbocycles. The van der Waals surface area contributed by atoms with Gasteiger partial charge in [-0.25, -0.2) is 5.43 Å². The van der Waals surface area contributed by atoms with Gasteiger partial charge in [0.15, 0.2) is 17.2 Å². The number of nitrogens with one attached hydrogen (secondary N) is 2. The number of carbonyl (C=O) groups is 1. The molecule has 0 aliphatic carbocycles. The Morgan fingerprint density at radius 1 is 0.848 bits per heavy atom. The standard InChI is InChI=1S/C27H21N5O/c1-18(33)25-24(21-15-9-4-10-16-21)29-26-30-32-23(20-13-7-3-8-14-20)17-22(28-27(32)31(25)26)19-11-5-2-6-12-19/h2-17,26,30H,1H3/p+1. The number of carbonyl (C=O) groups excluding carboxylic acids is 1. The molecule has 1 unspecified atom stereocenters. The van der Waals surface area contributed by atoms with E-state index in [1.807, 2.05) is 88.4 Å². The molecule has 0 amide bonds. The summed E-state index contributed by atoms with van der Waals surface area (Å²) in [5, 5.41) is 3.50. The van der Waals surface area contributed by atoms with Crippen molar-refractivity contribution in [2.24, 2.45) is 0 Å². The minimum Gasteiger partial charge on any atom is -0.330 e. The van der Waals surface area contributed by atoms with Crippen molar-refractivity contribution in [3.8, 4) is 22.5 Å². The highest BCUT2D eigenvalue weighted by Gasteiger charge is 2.50. The van der Waals surface area contributed by atoms with E-state index in [4.69, 9.17) is 4.98 Å². The molecule has 0 bridgehead atoms. The lowest BCUT2D eigenvalue weighted by Crippen LogP contribution is -2.50. The Hall–Kier alpha value is -4.45. The van der Waals surface area contributed by atoms with Crippen LogP contribution in [0.5, 0.6) is 0 Å². The highest BCUT2D eigenvalue weighted by atomic mass is 16.1. The third-order valence-electron chi connectivity index (χ3n) is 5.95. The minimum absolute atomic E-state index is 0.0210. The number of anilines is 1. The predicted octanol–water partition coefficient (Wildman–Crippen LogP) is 3.91. The quantitative estimate of drug-likeness (QED) is 0.479. The molecule has 2 N–H and O–H groups in total. The van der Waals surface area contributed by atoms with Gasteiger partial charge in [-0.1, -0.05) is 96.0 Å². The first-order valence-electron chi connectivity index (χ1n) is 10.9. The zero-order valence-corrected chi connectivity index (χ0v) is 18.1. The fourth-order valence-corrected chi connectivity index (χ4v) is 4.48. The summed E-state index contributed by atoms with van der Waals surface area (Å²) in [4.78, 5) is 19.9. The largest absolute Gasteiger partial charge is 0.425 e. The topological polar surface area (TPSA) is 61.1 Å². The number of rotatable bonds is 4. The van der Waals surface area contributed by atoms with Crippen LogP contribution >= 0.6 is 0 Å². The Labute approximate surface area is 191 Å². The molecule has 0 spiro atoms. The van der Waals surface area contributed by atoms with Gasteiger partial charge < -0.3 is 5.32 Å². The fourth-order valence-electron chi connectivity index (χ4n) is 4.48. The molecule has 160 valence electrons. The zero-order valence-electron chi connectivity index (χ0n) is 18.1. The van der Waals surface area contributed by atoms with E-state index in [0.29, 0.717) is 11.6 Å². The van der Waals surface area contributed by atoms with Crippen LogP contribution in [0, 0.1) is 0 Å². The lowest BCUT2D eigenvalue weighted by atomic mass is 10.1. The number of hydrogen-bond donors (Lipinski definition) is 2. The van der Waals surface area contributed by atoms with Crippen LogP contribution in [-0.4, -0.2) is 17.1 Å². The molecule has 0 radical (unpaired) electrons. The number of nitrogens with zero attached hydrogens (tertiary/aromatic N) is 3. The molecule has 1 aromatic heterocycles. The van der Waals surface area contributed by atoms with E-state index in [1.165, 1.54) is 0 Å². The molecule has 4 aromatic rings. The molecule has 2 aliphatic rings. The first kappa shape index (κ1) is 19.3. The summed E-state index contributed by atoms with van der Waals surface area (Å²) < 4.78 is 1.96. The van der Waals surface area contributed by atoms with Crippen LogP contribution in [0.25, 0.3) is 28.2 Å². The summed E-state index contributed by atoms with van der Waals surface area (Å²) in [7, 11) is 0. The van der Waals surface area contributed by atoms with E-state index in [0.717, 1.165) is 33.8 Å². The van der Waals surface area contributed by atoms with Gasteiger partial charge in [-0.2, -0.15) is 4.90 Å². The molecule has 0 saturated heterocycles. The van der Waals surface area contributed by atoms with Crippen LogP contribution < -0.4 is 20.3 Å². The Morgan fingerprint density at radius 3 is 2.03 bits per heavy atom. The summed E-state index contributed by atoms with van der Waals surface area (Å²) in [6.45, 7) is 1.60. The zero-order chi connectivity index (χ0) is 22.4. The maximum absolute atomic E-state index is 12.9. The van der Waals surface area contributed by atoms with Gasteiger partial charge in [0.25, 0.3) is 6.29 Å². The van der Waals surface area contributed by atoms with Gasteiger partial charge in [0.2, 0.25) is 0 Å². The normalized spacial score (nSPS) is 16.2. The number of ketones is 1. The van der Waals surface area contributed by atoms with E-state index in [9.17, 15) is 4.79 Å². The monoisotopic (exact) mass is 432 g/mol. The molecule has 0 saturated carbocycles. The van der Waals surface area contributed by atoms with Crippen LogP contribution in [-0.2, 0) is 4.79 Å². The van der Waals surface area contributed by atoms with Crippen LogP contribution in [0.1, 0.15) is 12.5 Å². The predicted molar refractivity (Wildman–Crippen MR) is 128 cm³/mol. The number of Topliss-reactive ketones (excluding diaryl/α,β-unsaturated/α-hetero) is 1. The Kier molecular flexibility index (Phi) is 4.43. The fraction of sp³-hybridized carbons (Fsp3) is 0.0741. The Bertz CT molecular complexity index is 1380. The summed E-state index contributed by atoms with van der Waals surface area (Å²) in [5.74, 6) is 0.649. The van der Waals surface area contributed by atoms with Crippen molar-refractivity contribution in [3.05, 3.63) is 108 Å². The second-order valence-corrected chi connectivity index (χ2v) is 8.09. The maximum Gasteiger partial charge on any atom is 0.425 e. The smallest absolute Gasteiger partial charge is 0.330 e. The first-order chi connectivity index (χ1) is 16.2. The van der Waals surface area contributed by atoms with Crippen molar-refractivity contribution in [1.82, 2.24) is 10.3 Å². The lowest BCUT2D eigenvalue weighted by Gasteiger charge is -2.11. The van der Waals surface area contributed by atoms with E-state index >= 15 is 0 Å². The van der Waals surface area contributed by atoms with Crippen LogP contribution in [0.3, 0.4) is 0 Å². The molecule has 6 rings (SSSR count). The molecule has 2 aliphatic heterocycles. The first-order valence-corrected chi connectivity index (χ1v) is 10.9. The van der Waals surface area contributed by atoms with Gasteiger partial charge in [-0.3, -0.25) is 4.79 Å². The van der Waals surface area contributed by atoms with Crippen LogP contribution in [0.15, 0.2) is 103 Å².